The van der Waals surface area contributed by atoms with Crippen LogP contribution in [-0.4, -0.2) is 21.5 Å². The number of rotatable bonds is 6. The van der Waals surface area contributed by atoms with E-state index in [4.69, 9.17) is 23.2 Å². The summed E-state index contributed by atoms with van der Waals surface area (Å²) in [6, 6.07) is 5.58. The average Bonchev–Trinajstić information content (AvgIpc) is 2.81. The van der Waals surface area contributed by atoms with Crippen molar-refractivity contribution in [3.63, 3.8) is 0 Å². The minimum Gasteiger partial charge on any atom is -0.311 e. The summed E-state index contributed by atoms with van der Waals surface area (Å²) in [5.74, 6) is 0.626. The van der Waals surface area contributed by atoms with Crippen molar-refractivity contribution in [3.8, 4) is 0 Å². The Kier molecular flexibility index (Phi) is 5.40. The van der Waals surface area contributed by atoms with Gasteiger partial charge in [0.25, 0.3) is 0 Å². The molecule has 0 unspecified atom stereocenters. The summed E-state index contributed by atoms with van der Waals surface area (Å²) in [5.41, 5.74) is 1.98. The van der Waals surface area contributed by atoms with Crippen molar-refractivity contribution in [2.75, 3.05) is 6.54 Å². The van der Waals surface area contributed by atoms with Crippen LogP contribution >= 0.6 is 23.2 Å². The molecule has 0 saturated carbocycles. The van der Waals surface area contributed by atoms with E-state index < -0.39 is 0 Å². The Morgan fingerprint density at radius 1 is 1.25 bits per heavy atom. The third-order valence-corrected chi connectivity index (χ3v) is 3.51. The Hall–Kier alpha value is -1.10. The van der Waals surface area contributed by atoms with Gasteiger partial charge in [0.2, 0.25) is 0 Å². The van der Waals surface area contributed by atoms with Gasteiger partial charge in [0.05, 0.1) is 28.5 Å². The van der Waals surface area contributed by atoms with Gasteiger partial charge in [0, 0.05) is 6.54 Å². The molecular formula is C14H18Cl2N4. The number of hydrogen-bond donors (Lipinski definition) is 1. The molecule has 0 fully saturated rings. The third kappa shape index (κ3) is 4.47. The van der Waals surface area contributed by atoms with Gasteiger partial charge in [-0.25, -0.2) is 4.68 Å². The van der Waals surface area contributed by atoms with Crippen LogP contribution in [0.1, 0.15) is 25.1 Å². The molecule has 0 aliphatic rings. The highest BCUT2D eigenvalue weighted by Crippen LogP contribution is 2.22. The second-order valence-electron chi connectivity index (χ2n) is 5.18. The van der Waals surface area contributed by atoms with E-state index in [-0.39, 0.29) is 0 Å². The van der Waals surface area contributed by atoms with E-state index in [1.54, 1.807) is 10.7 Å². The number of halogens is 2. The molecule has 0 bridgehead atoms. The zero-order chi connectivity index (χ0) is 14.5. The highest BCUT2D eigenvalue weighted by Gasteiger charge is 2.04. The summed E-state index contributed by atoms with van der Waals surface area (Å²) in [7, 11) is 0. The Balaban J connectivity index is 1.93. The van der Waals surface area contributed by atoms with E-state index in [9.17, 15) is 0 Å². The molecule has 0 amide bonds. The van der Waals surface area contributed by atoms with Crippen molar-refractivity contribution in [1.82, 2.24) is 20.3 Å². The highest BCUT2D eigenvalue weighted by atomic mass is 35.5. The van der Waals surface area contributed by atoms with Crippen molar-refractivity contribution in [3.05, 3.63) is 45.7 Å². The number of benzene rings is 1. The van der Waals surface area contributed by atoms with Crippen LogP contribution < -0.4 is 5.32 Å². The first-order chi connectivity index (χ1) is 9.54. The van der Waals surface area contributed by atoms with Crippen molar-refractivity contribution >= 4 is 23.2 Å². The van der Waals surface area contributed by atoms with Gasteiger partial charge in [0.1, 0.15) is 0 Å². The molecule has 1 N–H and O–H groups in total. The lowest BCUT2D eigenvalue weighted by atomic mass is 10.2. The van der Waals surface area contributed by atoms with Crippen LogP contribution in [0.3, 0.4) is 0 Å². The molecule has 0 radical (unpaired) electrons. The smallest absolute Gasteiger partial charge is 0.0964 e. The number of nitrogens with one attached hydrogen (secondary N) is 1. The maximum atomic E-state index is 6.00. The standard InChI is InChI=1S/C14H18Cl2N4/c1-10(2)6-17-7-12-9-20(19-18-12)8-11-3-4-13(15)14(16)5-11/h3-5,9-10,17H,6-8H2,1-2H3. The molecule has 0 atom stereocenters. The summed E-state index contributed by atoms with van der Waals surface area (Å²) in [5, 5.41) is 12.7. The van der Waals surface area contributed by atoms with E-state index >= 15 is 0 Å². The van der Waals surface area contributed by atoms with E-state index in [0.717, 1.165) is 24.3 Å². The molecule has 2 rings (SSSR count). The molecule has 1 aromatic carbocycles. The van der Waals surface area contributed by atoms with E-state index in [2.05, 4.69) is 29.5 Å². The first-order valence-electron chi connectivity index (χ1n) is 6.58. The summed E-state index contributed by atoms with van der Waals surface area (Å²) in [4.78, 5) is 0. The van der Waals surface area contributed by atoms with Gasteiger partial charge < -0.3 is 5.32 Å². The fourth-order valence-electron chi connectivity index (χ4n) is 1.81. The second kappa shape index (κ2) is 7.07. The monoisotopic (exact) mass is 312 g/mol. The lowest BCUT2D eigenvalue weighted by Crippen LogP contribution is -2.19. The maximum Gasteiger partial charge on any atom is 0.0964 e. The van der Waals surface area contributed by atoms with Crippen LogP contribution in [-0.2, 0) is 13.1 Å². The van der Waals surface area contributed by atoms with Gasteiger partial charge in [-0.1, -0.05) is 48.3 Å². The van der Waals surface area contributed by atoms with Gasteiger partial charge >= 0.3 is 0 Å². The minimum atomic E-state index is 0.558. The molecule has 1 heterocycles. The van der Waals surface area contributed by atoms with Gasteiger partial charge in [-0.2, -0.15) is 0 Å². The predicted molar refractivity (Wildman–Crippen MR) is 82.1 cm³/mol. The van der Waals surface area contributed by atoms with Crippen LogP contribution in [0.4, 0.5) is 0 Å². The Morgan fingerprint density at radius 2 is 2.05 bits per heavy atom. The molecule has 1 aromatic heterocycles. The minimum absolute atomic E-state index is 0.558. The average molecular weight is 313 g/mol. The number of nitrogens with zero attached hydrogens (tertiary/aromatic N) is 3. The second-order valence-corrected chi connectivity index (χ2v) is 6.00. The summed E-state index contributed by atoms with van der Waals surface area (Å²) in [6.45, 7) is 6.69. The maximum absolute atomic E-state index is 6.00. The van der Waals surface area contributed by atoms with Crippen LogP contribution in [0, 0.1) is 5.92 Å². The molecule has 4 nitrogen and oxygen atoms in total. The molecule has 0 aliphatic heterocycles. The fraction of sp³-hybridized carbons (Fsp3) is 0.429. The van der Waals surface area contributed by atoms with Gasteiger partial charge in [0.15, 0.2) is 0 Å². The first kappa shape index (κ1) is 15.3. The Bertz CT molecular complexity index is 566. The third-order valence-electron chi connectivity index (χ3n) is 2.77. The Morgan fingerprint density at radius 3 is 2.75 bits per heavy atom. The van der Waals surface area contributed by atoms with E-state index in [0.29, 0.717) is 22.5 Å². The van der Waals surface area contributed by atoms with Crippen molar-refractivity contribution in [2.45, 2.75) is 26.9 Å². The molecule has 20 heavy (non-hydrogen) atoms. The van der Waals surface area contributed by atoms with Gasteiger partial charge in [-0.05, 0) is 30.2 Å². The summed E-state index contributed by atoms with van der Waals surface area (Å²) in [6.07, 6.45) is 1.94. The van der Waals surface area contributed by atoms with Crippen LogP contribution in [0.15, 0.2) is 24.4 Å². The normalized spacial score (nSPS) is 11.2. The largest absolute Gasteiger partial charge is 0.311 e. The topological polar surface area (TPSA) is 42.7 Å². The fourth-order valence-corrected chi connectivity index (χ4v) is 2.13. The number of hydrogen-bond acceptors (Lipinski definition) is 3. The zero-order valence-electron chi connectivity index (χ0n) is 11.6. The zero-order valence-corrected chi connectivity index (χ0v) is 13.1. The lowest BCUT2D eigenvalue weighted by Gasteiger charge is -2.04. The summed E-state index contributed by atoms with van der Waals surface area (Å²) < 4.78 is 1.80. The van der Waals surface area contributed by atoms with Gasteiger partial charge in [-0.3, -0.25) is 0 Å². The van der Waals surface area contributed by atoms with Crippen LogP contribution in [0.25, 0.3) is 0 Å². The molecule has 0 spiro atoms. The SMILES string of the molecule is CC(C)CNCc1cn(Cc2ccc(Cl)c(Cl)c2)nn1. The Labute approximate surface area is 129 Å². The lowest BCUT2D eigenvalue weighted by molar-refractivity contribution is 0.548. The molecular weight excluding hydrogens is 295 g/mol. The first-order valence-corrected chi connectivity index (χ1v) is 7.34. The molecule has 2 aromatic rings. The van der Waals surface area contributed by atoms with Gasteiger partial charge in [-0.15, -0.1) is 5.10 Å². The highest BCUT2D eigenvalue weighted by molar-refractivity contribution is 6.42. The molecule has 108 valence electrons. The van der Waals surface area contributed by atoms with E-state index in [1.807, 2.05) is 18.3 Å². The molecule has 6 heteroatoms. The predicted octanol–water partition coefficient (Wildman–Crippen LogP) is 3.38. The van der Waals surface area contributed by atoms with Crippen molar-refractivity contribution in [2.24, 2.45) is 5.92 Å². The van der Waals surface area contributed by atoms with E-state index in [1.165, 1.54) is 0 Å². The van der Waals surface area contributed by atoms with Crippen LogP contribution in [0.2, 0.25) is 10.0 Å². The number of aromatic nitrogens is 3. The quantitative estimate of drug-likeness (QED) is 0.889. The summed E-state index contributed by atoms with van der Waals surface area (Å²) >= 11 is 11.9. The molecule has 0 aliphatic carbocycles. The van der Waals surface area contributed by atoms with Crippen molar-refractivity contribution < 1.29 is 0 Å². The van der Waals surface area contributed by atoms with Crippen LogP contribution in [0.5, 0.6) is 0 Å². The molecule has 0 saturated heterocycles. The van der Waals surface area contributed by atoms with Crippen molar-refractivity contribution in [1.29, 1.82) is 0 Å².